The van der Waals surface area contributed by atoms with Gasteiger partial charge in [0.05, 0.1) is 4.90 Å². The summed E-state index contributed by atoms with van der Waals surface area (Å²) >= 11 is 0. The highest BCUT2D eigenvalue weighted by Crippen LogP contribution is 2.26. The molecular formula is C14H24N2O3S. The molecule has 114 valence electrons. The molecule has 0 saturated carbocycles. The minimum absolute atomic E-state index is 0.158. The molecule has 0 saturated heterocycles. The first-order valence-electron chi connectivity index (χ1n) is 6.79. The van der Waals surface area contributed by atoms with Gasteiger partial charge in [0.25, 0.3) is 0 Å². The fraction of sp³-hybridized carbons (Fsp3) is 0.571. The third-order valence-electron chi connectivity index (χ3n) is 3.55. The number of hydrogen-bond donors (Lipinski definition) is 1. The van der Waals surface area contributed by atoms with E-state index in [1.165, 1.54) is 6.07 Å². The Morgan fingerprint density at radius 3 is 2.25 bits per heavy atom. The monoisotopic (exact) mass is 300 g/mol. The van der Waals surface area contributed by atoms with Gasteiger partial charge in [-0.15, -0.1) is 0 Å². The Labute approximate surface area is 121 Å². The molecule has 0 radical (unpaired) electrons. The topological polar surface area (TPSA) is 72.6 Å². The van der Waals surface area contributed by atoms with Crippen molar-refractivity contribution in [3.8, 4) is 5.75 Å². The number of benzene rings is 1. The molecule has 1 aromatic carbocycles. The second-order valence-corrected chi connectivity index (χ2v) is 6.26. The Hall–Kier alpha value is -1.11. The first-order valence-corrected chi connectivity index (χ1v) is 8.34. The van der Waals surface area contributed by atoms with Gasteiger partial charge >= 0.3 is 0 Å². The number of hydrogen-bond acceptors (Lipinski definition) is 4. The minimum atomic E-state index is -3.68. The Morgan fingerprint density at radius 1 is 1.15 bits per heavy atom. The molecule has 0 spiro atoms. The number of likely N-dealkylation sites (N-methyl/N-ethyl adjacent to an activating group) is 1. The average Bonchev–Trinajstić information content (AvgIpc) is 2.38. The zero-order valence-corrected chi connectivity index (χ0v) is 13.5. The summed E-state index contributed by atoms with van der Waals surface area (Å²) in [5.74, 6) is 0.710. The van der Waals surface area contributed by atoms with Gasteiger partial charge in [-0.3, -0.25) is 0 Å². The molecule has 0 bridgehead atoms. The summed E-state index contributed by atoms with van der Waals surface area (Å²) in [6.45, 7) is 11.2. The summed E-state index contributed by atoms with van der Waals surface area (Å²) in [6, 6.07) is 3.18. The fourth-order valence-electron chi connectivity index (χ4n) is 2.06. The molecule has 0 aliphatic carbocycles. The number of ether oxygens (including phenoxy) is 1. The maximum atomic E-state index is 11.4. The van der Waals surface area contributed by atoms with E-state index in [1.807, 2.05) is 6.92 Å². The zero-order valence-electron chi connectivity index (χ0n) is 12.6. The summed E-state index contributed by atoms with van der Waals surface area (Å²) in [5.41, 5.74) is 1.46. The number of primary sulfonamides is 1. The molecular weight excluding hydrogens is 276 g/mol. The largest absolute Gasteiger partial charge is 0.492 e. The lowest BCUT2D eigenvalue weighted by molar-refractivity contribution is 0.222. The van der Waals surface area contributed by atoms with E-state index in [4.69, 9.17) is 9.88 Å². The zero-order chi connectivity index (χ0) is 15.3. The van der Waals surface area contributed by atoms with Gasteiger partial charge in [0.2, 0.25) is 10.0 Å². The predicted molar refractivity (Wildman–Crippen MR) is 80.6 cm³/mol. The number of nitrogens with zero attached hydrogens (tertiary/aromatic N) is 1. The molecule has 1 rings (SSSR count). The number of rotatable bonds is 7. The van der Waals surface area contributed by atoms with Gasteiger partial charge in [-0.2, -0.15) is 0 Å². The average molecular weight is 300 g/mol. The number of sulfonamides is 1. The quantitative estimate of drug-likeness (QED) is 0.831. The molecule has 20 heavy (non-hydrogen) atoms. The molecule has 0 fully saturated rings. The summed E-state index contributed by atoms with van der Waals surface area (Å²) < 4.78 is 28.6. The standard InChI is InChI=1S/C14H24N2O3S/c1-5-16(6-2)9-10-19-13-7-8-14(20(15,17)18)12(4)11(13)3/h7-8H,5-6,9-10H2,1-4H3,(H2,15,17,18). The van der Waals surface area contributed by atoms with Crippen LogP contribution in [0, 0.1) is 13.8 Å². The van der Waals surface area contributed by atoms with E-state index in [1.54, 1.807) is 13.0 Å². The van der Waals surface area contributed by atoms with E-state index < -0.39 is 10.0 Å². The Morgan fingerprint density at radius 2 is 1.75 bits per heavy atom. The van der Waals surface area contributed by atoms with Crippen LogP contribution >= 0.6 is 0 Å². The molecule has 0 amide bonds. The van der Waals surface area contributed by atoms with Crippen molar-refractivity contribution >= 4 is 10.0 Å². The van der Waals surface area contributed by atoms with Crippen LogP contribution in [0.1, 0.15) is 25.0 Å². The molecule has 0 aliphatic rings. The van der Waals surface area contributed by atoms with Gasteiger partial charge in [-0.25, -0.2) is 13.6 Å². The minimum Gasteiger partial charge on any atom is -0.492 e. The molecule has 1 aromatic rings. The van der Waals surface area contributed by atoms with Gasteiger partial charge in [0.1, 0.15) is 12.4 Å². The van der Waals surface area contributed by atoms with Gasteiger partial charge in [-0.05, 0) is 50.2 Å². The molecule has 6 heteroatoms. The second-order valence-electron chi connectivity index (χ2n) is 4.73. The summed E-state index contributed by atoms with van der Waals surface area (Å²) in [5, 5.41) is 5.18. The van der Waals surface area contributed by atoms with Crippen molar-refractivity contribution in [3.05, 3.63) is 23.3 Å². The second kappa shape index (κ2) is 7.06. The normalized spacial score (nSPS) is 11.9. The lowest BCUT2D eigenvalue weighted by Gasteiger charge is -2.19. The van der Waals surface area contributed by atoms with Crippen molar-refractivity contribution in [3.63, 3.8) is 0 Å². The number of nitrogens with two attached hydrogens (primary N) is 1. The van der Waals surface area contributed by atoms with E-state index >= 15 is 0 Å². The van der Waals surface area contributed by atoms with E-state index in [0.717, 1.165) is 25.2 Å². The Kier molecular flexibility index (Phi) is 5.98. The lowest BCUT2D eigenvalue weighted by atomic mass is 10.1. The molecule has 0 heterocycles. The predicted octanol–water partition coefficient (Wildman–Crippen LogP) is 1.67. The fourth-order valence-corrected chi connectivity index (χ4v) is 2.90. The third kappa shape index (κ3) is 4.19. The molecule has 0 aromatic heterocycles. The van der Waals surface area contributed by atoms with E-state index in [0.29, 0.717) is 17.9 Å². The molecule has 0 unspecified atom stereocenters. The molecule has 2 N–H and O–H groups in total. The van der Waals surface area contributed by atoms with Crippen LogP contribution in [0.3, 0.4) is 0 Å². The van der Waals surface area contributed by atoms with Crippen LogP contribution in [0.4, 0.5) is 0 Å². The van der Waals surface area contributed by atoms with Crippen LogP contribution in [0.15, 0.2) is 17.0 Å². The van der Waals surface area contributed by atoms with Crippen molar-refractivity contribution in [2.24, 2.45) is 5.14 Å². The van der Waals surface area contributed by atoms with Crippen molar-refractivity contribution in [2.45, 2.75) is 32.6 Å². The first kappa shape index (κ1) is 16.9. The van der Waals surface area contributed by atoms with Gasteiger partial charge in [0.15, 0.2) is 0 Å². The molecule has 0 aliphatic heterocycles. The highest BCUT2D eigenvalue weighted by atomic mass is 32.2. The molecule has 5 nitrogen and oxygen atoms in total. The van der Waals surface area contributed by atoms with Crippen molar-refractivity contribution in [1.29, 1.82) is 0 Å². The van der Waals surface area contributed by atoms with Gasteiger partial charge in [-0.1, -0.05) is 13.8 Å². The van der Waals surface area contributed by atoms with Crippen LogP contribution in [0.2, 0.25) is 0 Å². The van der Waals surface area contributed by atoms with Crippen molar-refractivity contribution in [2.75, 3.05) is 26.2 Å². The maximum absolute atomic E-state index is 11.4. The van der Waals surface area contributed by atoms with E-state index in [-0.39, 0.29) is 4.90 Å². The Balaban J connectivity index is 2.81. The van der Waals surface area contributed by atoms with E-state index in [2.05, 4.69) is 18.7 Å². The first-order chi connectivity index (χ1) is 9.31. The maximum Gasteiger partial charge on any atom is 0.238 e. The highest BCUT2D eigenvalue weighted by molar-refractivity contribution is 7.89. The molecule has 0 atom stereocenters. The van der Waals surface area contributed by atoms with Gasteiger partial charge < -0.3 is 9.64 Å². The van der Waals surface area contributed by atoms with Crippen LogP contribution in [-0.4, -0.2) is 39.6 Å². The SMILES string of the molecule is CCN(CC)CCOc1ccc(S(N)(=O)=O)c(C)c1C. The lowest BCUT2D eigenvalue weighted by Crippen LogP contribution is -2.28. The van der Waals surface area contributed by atoms with Crippen molar-refractivity contribution in [1.82, 2.24) is 4.90 Å². The van der Waals surface area contributed by atoms with Crippen molar-refractivity contribution < 1.29 is 13.2 Å². The summed E-state index contributed by atoms with van der Waals surface area (Å²) in [7, 11) is -3.68. The third-order valence-corrected chi connectivity index (χ3v) is 4.61. The smallest absolute Gasteiger partial charge is 0.238 e. The summed E-state index contributed by atoms with van der Waals surface area (Å²) in [4.78, 5) is 2.42. The van der Waals surface area contributed by atoms with E-state index in [9.17, 15) is 8.42 Å². The Bertz CT molecular complexity index is 552. The van der Waals surface area contributed by atoms with Crippen LogP contribution in [0.25, 0.3) is 0 Å². The van der Waals surface area contributed by atoms with Crippen LogP contribution < -0.4 is 9.88 Å². The van der Waals surface area contributed by atoms with Crippen LogP contribution in [-0.2, 0) is 10.0 Å². The van der Waals surface area contributed by atoms with Crippen LogP contribution in [0.5, 0.6) is 5.75 Å². The van der Waals surface area contributed by atoms with Gasteiger partial charge in [0, 0.05) is 6.54 Å². The summed E-state index contributed by atoms with van der Waals surface area (Å²) in [6.07, 6.45) is 0. The highest BCUT2D eigenvalue weighted by Gasteiger charge is 2.15.